The van der Waals surface area contributed by atoms with Crippen LogP contribution in [0.4, 0.5) is 19.0 Å². The van der Waals surface area contributed by atoms with E-state index in [1.54, 1.807) is 18.2 Å². The van der Waals surface area contributed by atoms with Gasteiger partial charge in [0.1, 0.15) is 11.6 Å². The first-order valence-electron chi connectivity index (χ1n) is 9.51. The van der Waals surface area contributed by atoms with Gasteiger partial charge in [0.25, 0.3) is 0 Å². The number of nitrogens with zero attached hydrogens (tertiary/aromatic N) is 2. The Morgan fingerprint density at radius 3 is 2.55 bits per heavy atom. The smallest absolute Gasteiger partial charge is 0.368 e. The number of rotatable bonds is 7. The molecule has 1 saturated carbocycles. The molecule has 1 aliphatic rings. The second-order valence-corrected chi connectivity index (χ2v) is 9.42. The molecule has 1 fully saturated rings. The van der Waals surface area contributed by atoms with Crippen molar-refractivity contribution < 1.29 is 21.6 Å². The molecule has 0 radical (unpaired) electrons. The zero-order chi connectivity index (χ0) is 22.2. The number of hydrogen-bond acceptors (Lipinski definition) is 5. The van der Waals surface area contributed by atoms with Gasteiger partial charge in [-0.3, -0.25) is 0 Å². The third-order valence-corrected chi connectivity index (χ3v) is 6.49. The monoisotopic (exact) mass is 470 g/mol. The molecule has 2 aromatic carbocycles. The maximum Gasteiger partial charge on any atom is 0.416 e. The Hall–Kier alpha value is -2.43. The first kappa shape index (κ1) is 21.8. The highest BCUT2D eigenvalue weighted by molar-refractivity contribution is 7.89. The summed E-state index contributed by atoms with van der Waals surface area (Å²) in [6, 6.07) is 8.85. The molecule has 1 heterocycles. The van der Waals surface area contributed by atoms with Crippen LogP contribution < -0.4 is 10.0 Å². The zero-order valence-corrected chi connectivity index (χ0v) is 17.7. The average Bonchev–Trinajstić information content (AvgIpc) is 3.55. The fraction of sp³-hybridized carbons (Fsp3) is 0.300. The van der Waals surface area contributed by atoms with Crippen LogP contribution in [0.25, 0.3) is 10.9 Å². The van der Waals surface area contributed by atoms with Gasteiger partial charge in [0.2, 0.25) is 10.0 Å². The molecule has 31 heavy (non-hydrogen) atoms. The number of nitrogens with one attached hydrogen (secondary N) is 2. The van der Waals surface area contributed by atoms with Gasteiger partial charge < -0.3 is 5.32 Å². The molecule has 0 aliphatic heterocycles. The number of anilines is 1. The van der Waals surface area contributed by atoms with Crippen LogP contribution >= 0.6 is 11.6 Å². The van der Waals surface area contributed by atoms with Crippen LogP contribution in [0.5, 0.6) is 0 Å². The normalized spacial score (nSPS) is 14.7. The lowest BCUT2D eigenvalue weighted by molar-refractivity contribution is -0.137. The summed E-state index contributed by atoms with van der Waals surface area (Å²) in [4.78, 5) is 8.67. The molecular weight excluding hydrogens is 453 g/mol. The average molecular weight is 471 g/mol. The summed E-state index contributed by atoms with van der Waals surface area (Å²) in [7, 11) is -4.10. The highest BCUT2D eigenvalue weighted by Crippen LogP contribution is 2.39. The minimum absolute atomic E-state index is 0.0452. The quantitative estimate of drug-likeness (QED) is 0.494. The van der Waals surface area contributed by atoms with E-state index >= 15 is 0 Å². The van der Waals surface area contributed by atoms with Crippen molar-refractivity contribution in [2.75, 3.05) is 18.4 Å². The second kappa shape index (κ2) is 8.25. The van der Waals surface area contributed by atoms with Crippen molar-refractivity contribution in [3.8, 4) is 0 Å². The predicted molar refractivity (Wildman–Crippen MR) is 112 cm³/mol. The summed E-state index contributed by atoms with van der Waals surface area (Å²) >= 11 is 6.07. The molecule has 3 aromatic rings. The molecule has 0 saturated heterocycles. The van der Waals surface area contributed by atoms with E-state index in [0.29, 0.717) is 34.2 Å². The molecule has 11 heteroatoms. The molecular formula is C20H18ClF3N4O2S. The first-order chi connectivity index (χ1) is 14.6. The minimum atomic E-state index is -4.62. The molecule has 0 unspecified atom stereocenters. The highest BCUT2D eigenvalue weighted by atomic mass is 35.5. The third-order valence-electron chi connectivity index (χ3n) is 4.80. The number of hydrogen-bond donors (Lipinski definition) is 2. The van der Waals surface area contributed by atoms with E-state index in [1.165, 1.54) is 0 Å². The summed E-state index contributed by atoms with van der Waals surface area (Å²) in [5, 5.41) is 4.38. The minimum Gasteiger partial charge on any atom is -0.368 e. The van der Waals surface area contributed by atoms with Gasteiger partial charge in [-0.25, -0.2) is 23.1 Å². The molecule has 6 nitrogen and oxygen atoms in total. The summed E-state index contributed by atoms with van der Waals surface area (Å²) < 4.78 is 65.6. The maximum atomic E-state index is 12.9. The lowest BCUT2D eigenvalue weighted by Gasteiger charge is -2.12. The molecule has 0 atom stereocenters. The fourth-order valence-electron chi connectivity index (χ4n) is 3.07. The van der Waals surface area contributed by atoms with Crippen LogP contribution in [0.3, 0.4) is 0 Å². The van der Waals surface area contributed by atoms with Crippen molar-refractivity contribution in [1.29, 1.82) is 0 Å². The Morgan fingerprint density at radius 1 is 1.06 bits per heavy atom. The van der Waals surface area contributed by atoms with Gasteiger partial charge >= 0.3 is 6.18 Å². The first-order valence-corrected chi connectivity index (χ1v) is 11.4. The number of aromatic nitrogens is 2. The molecule has 0 spiro atoms. The van der Waals surface area contributed by atoms with Gasteiger partial charge in [0, 0.05) is 29.4 Å². The van der Waals surface area contributed by atoms with Gasteiger partial charge in [-0.2, -0.15) is 13.2 Å². The second-order valence-electron chi connectivity index (χ2n) is 7.22. The SMILES string of the molecule is O=S(=O)(NCCNc1nc(C2CC2)nc2cc(Cl)ccc12)c1cccc(C(F)(F)F)c1. The van der Waals surface area contributed by atoms with E-state index in [1.807, 2.05) is 0 Å². The number of benzene rings is 2. The van der Waals surface area contributed by atoms with E-state index in [-0.39, 0.29) is 13.1 Å². The fourth-order valence-corrected chi connectivity index (χ4v) is 4.31. The Balaban J connectivity index is 1.46. The number of fused-ring (bicyclic) bond motifs is 1. The van der Waals surface area contributed by atoms with Crippen molar-refractivity contribution in [2.45, 2.75) is 29.8 Å². The van der Waals surface area contributed by atoms with Crippen molar-refractivity contribution in [1.82, 2.24) is 14.7 Å². The van der Waals surface area contributed by atoms with Crippen LogP contribution in [-0.2, 0) is 16.2 Å². The van der Waals surface area contributed by atoms with Crippen LogP contribution in [0, 0.1) is 0 Å². The van der Waals surface area contributed by atoms with Gasteiger partial charge in [-0.05, 0) is 49.2 Å². The Morgan fingerprint density at radius 2 is 1.84 bits per heavy atom. The molecule has 2 N–H and O–H groups in total. The molecule has 164 valence electrons. The van der Waals surface area contributed by atoms with E-state index in [0.717, 1.165) is 36.4 Å². The van der Waals surface area contributed by atoms with Crippen molar-refractivity contribution in [3.63, 3.8) is 0 Å². The van der Waals surface area contributed by atoms with E-state index in [4.69, 9.17) is 11.6 Å². The van der Waals surface area contributed by atoms with Crippen molar-refractivity contribution in [2.24, 2.45) is 0 Å². The molecule has 1 aromatic heterocycles. The van der Waals surface area contributed by atoms with Crippen LogP contribution in [0.15, 0.2) is 47.4 Å². The van der Waals surface area contributed by atoms with E-state index in [9.17, 15) is 21.6 Å². The van der Waals surface area contributed by atoms with Gasteiger partial charge in [-0.1, -0.05) is 17.7 Å². The van der Waals surface area contributed by atoms with E-state index < -0.39 is 26.7 Å². The summed E-state index contributed by atoms with van der Waals surface area (Å²) in [6.07, 6.45) is -2.59. The highest BCUT2D eigenvalue weighted by Gasteiger charge is 2.31. The molecule has 0 amide bonds. The molecule has 0 bridgehead atoms. The summed E-state index contributed by atoms with van der Waals surface area (Å²) in [6.45, 7) is 0.132. The van der Waals surface area contributed by atoms with Crippen LogP contribution in [0.1, 0.15) is 30.1 Å². The number of alkyl halides is 3. The van der Waals surface area contributed by atoms with Crippen LogP contribution in [0.2, 0.25) is 5.02 Å². The zero-order valence-electron chi connectivity index (χ0n) is 16.1. The Kier molecular flexibility index (Phi) is 5.80. The van der Waals surface area contributed by atoms with Gasteiger partial charge in [-0.15, -0.1) is 0 Å². The van der Waals surface area contributed by atoms with E-state index in [2.05, 4.69) is 20.0 Å². The Labute approximate surface area is 181 Å². The third kappa shape index (κ3) is 5.08. The Bertz CT molecular complexity index is 1230. The van der Waals surface area contributed by atoms with Crippen molar-refractivity contribution >= 4 is 38.3 Å². The lowest BCUT2D eigenvalue weighted by atomic mass is 10.2. The standard InChI is InChI=1S/C20H18ClF3N4O2S/c21-14-6-7-16-17(11-14)27-18(12-4-5-12)28-19(16)25-8-9-26-31(29,30)15-3-1-2-13(10-15)20(22,23)24/h1-3,6-7,10-12,26H,4-5,8-9H2,(H,25,27,28). The predicted octanol–water partition coefficient (Wildman–Crippen LogP) is 4.57. The van der Waals surface area contributed by atoms with Gasteiger partial charge in [0.15, 0.2) is 0 Å². The largest absolute Gasteiger partial charge is 0.416 e. The molecule has 4 rings (SSSR count). The number of halogens is 4. The van der Waals surface area contributed by atoms with Gasteiger partial charge in [0.05, 0.1) is 16.0 Å². The maximum absolute atomic E-state index is 12.9. The summed E-state index contributed by atoms with van der Waals surface area (Å²) in [5.41, 5.74) is -0.330. The summed E-state index contributed by atoms with van der Waals surface area (Å²) in [5.74, 6) is 1.58. The molecule has 1 aliphatic carbocycles. The van der Waals surface area contributed by atoms with Crippen LogP contribution in [-0.4, -0.2) is 31.5 Å². The van der Waals surface area contributed by atoms with Crippen molar-refractivity contribution in [3.05, 3.63) is 58.9 Å². The number of sulfonamides is 1. The lowest BCUT2D eigenvalue weighted by Crippen LogP contribution is -2.29. The topological polar surface area (TPSA) is 84.0 Å².